The maximum Gasteiger partial charge on any atom is 0.246 e. The molecular formula is C17H20N4O5S. The molecule has 2 fully saturated rings. The van der Waals surface area contributed by atoms with Gasteiger partial charge in [-0.3, -0.25) is 4.79 Å². The fourth-order valence-electron chi connectivity index (χ4n) is 3.30. The van der Waals surface area contributed by atoms with E-state index in [-0.39, 0.29) is 36.4 Å². The monoisotopic (exact) mass is 392 g/mol. The summed E-state index contributed by atoms with van der Waals surface area (Å²) in [5, 5.41) is 7.68. The molecule has 27 heavy (non-hydrogen) atoms. The summed E-state index contributed by atoms with van der Waals surface area (Å²) in [6.45, 7) is 2.93. The third kappa shape index (κ3) is 3.47. The third-order valence-electron chi connectivity index (χ3n) is 4.71. The van der Waals surface area contributed by atoms with Gasteiger partial charge in [0.2, 0.25) is 27.7 Å². The standard InChI is InChI=1S/C17H20N4O5S/c1-12-18-19-17(26-12)15-11-20(9-10-25-15)27(23,24)14-6-4-13(5-7-14)21-8-2-3-16(21)22/h4-7,15H,2-3,8-11H2,1H3/t15-/m1/s1. The van der Waals surface area contributed by atoms with E-state index < -0.39 is 16.1 Å². The van der Waals surface area contributed by atoms with Crippen molar-refractivity contribution in [1.29, 1.82) is 0 Å². The second kappa shape index (κ2) is 7.02. The van der Waals surface area contributed by atoms with Gasteiger partial charge in [-0.15, -0.1) is 10.2 Å². The summed E-state index contributed by atoms with van der Waals surface area (Å²) in [5.74, 6) is 0.743. The van der Waals surface area contributed by atoms with Crippen LogP contribution in [0, 0.1) is 6.92 Å². The van der Waals surface area contributed by atoms with E-state index in [2.05, 4.69) is 10.2 Å². The highest BCUT2D eigenvalue weighted by Crippen LogP contribution is 2.28. The van der Waals surface area contributed by atoms with Gasteiger partial charge in [0.15, 0.2) is 0 Å². The lowest BCUT2D eigenvalue weighted by Crippen LogP contribution is -2.42. The summed E-state index contributed by atoms with van der Waals surface area (Å²) in [6.07, 6.45) is 0.768. The van der Waals surface area contributed by atoms with E-state index in [9.17, 15) is 13.2 Å². The van der Waals surface area contributed by atoms with Crippen LogP contribution >= 0.6 is 0 Å². The van der Waals surface area contributed by atoms with Gasteiger partial charge in [0, 0.05) is 38.7 Å². The van der Waals surface area contributed by atoms with Crippen molar-refractivity contribution in [2.24, 2.45) is 0 Å². The number of hydrogen-bond acceptors (Lipinski definition) is 7. The zero-order chi connectivity index (χ0) is 19.0. The van der Waals surface area contributed by atoms with Crippen LogP contribution in [0.5, 0.6) is 0 Å². The Morgan fingerprint density at radius 3 is 2.56 bits per heavy atom. The van der Waals surface area contributed by atoms with Gasteiger partial charge in [0.1, 0.15) is 6.10 Å². The number of carbonyl (C=O) groups is 1. The molecule has 2 aromatic rings. The molecule has 0 spiro atoms. The van der Waals surface area contributed by atoms with Gasteiger partial charge in [0.05, 0.1) is 11.5 Å². The van der Waals surface area contributed by atoms with Crippen molar-refractivity contribution >= 4 is 21.6 Å². The average Bonchev–Trinajstić information content (AvgIpc) is 3.30. The van der Waals surface area contributed by atoms with Gasteiger partial charge < -0.3 is 14.1 Å². The highest BCUT2D eigenvalue weighted by atomic mass is 32.2. The number of morpholine rings is 1. The Morgan fingerprint density at radius 1 is 1.15 bits per heavy atom. The first-order chi connectivity index (χ1) is 12.9. The predicted octanol–water partition coefficient (Wildman–Crippen LogP) is 1.27. The second-order valence-corrected chi connectivity index (χ2v) is 8.46. The topological polar surface area (TPSA) is 106 Å². The second-order valence-electron chi connectivity index (χ2n) is 6.52. The van der Waals surface area contributed by atoms with Gasteiger partial charge in [-0.2, -0.15) is 4.31 Å². The lowest BCUT2D eigenvalue weighted by Gasteiger charge is -2.30. The number of nitrogens with zero attached hydrogens (tertiary/aromatic N) is 4. The van der Waals surface area contributed by atoms with E-state index in [1.54, 1.807) is 24.0 Å². The summed E-state index contributed by atoms with van der Waals surface area (Å²) in [4.78, 5) is 13.7. The Balaban J connectivity index is 1.52. The smallest absolute Gasteiger partial charge is 0.246 e. The normalized spacial score (nSPS) is 21.7. The van der Waals surface area contributed by atoms with Crippen molar-refractivity contribution in [2.45, 2.75) is 30.8 Å². The zero-order valence-electron chi connectivity index (χ0n) is 14.9. The van der Waals surface area contributed by atoms with Crippen molar-refractivity contribution in [3.8, 4) is 0 Å². The first kappa shape index (κ1) is 18.1. The van der Waals surface area contributed by atoms with Crippen molar-refractivity contribution in [3.05, 3.63) is 36.0 Å². The molecule has 0 bridgehead atoms. The molecule has 2 aliphatic heterocycles. The summed E-state index contributed by atoms with van der Waals surface area (Å²) >= 11 is 0. The van der Waals surface area contributed by atoms with Crippen LogP contribution in [0.15, 0.2) is 33.6 Å². The van der Waals surface area contributed by atoms with Crippen LogP contribution in [0.1, 0.15) is 30.7 Å². The Hall–Kier alpha value is -2.30. The quantitative estimate of drug-likeness (QED) is 0.771. The first-order valence-corrected chi connectivity index (χ1v) is 10.2. The molecule has 0 aliphatic carbocycles. The van der Waals surface area contributed by atoms with E-state index in [4.69, 9.17) is 9.15 Å². The van der Waals surface area contributed by atoms with Crippen LogP contribution in [0.25, 0.3) is 0 Å². The molecule has 1 aromatic heterocycles. The molecule has 1 aromatic carbocycles. The SMILES string of the molecule is Cc1nnc([C@H]2CN(S(=O)(=O)c3ccc(N4CCCC4=O)cc3)CCO2)o1. The predicted molar refractivity (Wildman–Crippen MR) is 94.5 cm³/mol. The van der Waals surface area contributed by atoms with E-state index in [0.717, 1.165) is 12.1 Å². The Morgan fingerprint density at radius 2 is 1.93 bits per heavy atom. The number of rotatable bonds is 4. The summed E-state index contributed by atoms with van der Waals surface area (Å²) < 4.78 is 38.3. The maximum absolute atomic E-state index is 13.0. The van der Waals surface area contributed by atoms with Crippen LogP contribution in [0.3, 0.4) is 0 Å². The van der Waals surface area contributed by atoms with Crippen molar-refractivity contribution in [2.75, 3.05) is 31.1 Å². The molecular weight excluding hydrogens is 372 g/mol. The number of ether oxygens (including phenoxy) is 1. The minimum absolute atomic E-state index is 0.0662. The minimum atomic E-state index is -3.69. The molecule has 2 saturated heterocycles. The van der Waals surface area contributed by atoms with Crippen molar-refractivity contribution in [1.82, 2.24) is 14.5 Å². The van der Waals surface area contributed by atoms with Crippen molar-refractivity contribution in [3.63, 3.8) is 0 Å². The van der Waals surface area contributed by atoms with Gasteiger partial charge in [-0.05, 0) is 30.7 Å². The van der Waals surface area contributed by atoms with Gasteiger partial charge in [-0.25, -0.2) is 8.42 Å². The number of sulfonamides is 1. The van der Waals surface area contributed by atoms with Crippen LogP contribution in [0.4, 0.5) is 5.69 Å². The lowest BCUT2D eigenvalue weighted by atomic mass is 10.3. The van der Waals surface area contributed by atoms with Gasteiger partial charge in [0.25, 0.3) is 0 Å². The van der Waals surface area contributed by atoms with Gasteiger partial charge in [-0.1, -0.05) is 0 Å². The highest BCUT2D eigenvalue weighted by molar-refractivity contribution is 7.89. The Kier molecular flexibility index (Phi) is 4.70. The molecule has 9 nitrogen and oxygen atoms in total. The average molecular weight is 392 g/mol. The molecule has 144 valence electrons. The van der Waals surface area contributed by atoms with E-state index in [0.29, 0.717) is 18.9 Å². The number of benzene rings is 1. The molecule has 0 unspecified atom stereocenters. The molecule has 3 heterocycles. The first-order valence-electron chi connectivity index (χ1n) is 8.77. The number of anilines is 1. The highest BCUT2D eigenvalue weighted by Gasteiger charge is 2.34. The molecule has 2 aliphatic rings. The molecule has 10 heteroatoms. The van der Waals surface area contributed by atoms with Crippen LogP contribution < -0.4 is 4.90 Å². The number of aromatic nitrogens is 2. The third-order valence-corrected chi connectivity index (χ3v) is 6.59. The van der Waals surface area contributed by atoms with E-state index in [1.807, 2.05) is 0 Å². The fraction of sp³-hybridized carbons (Fsp3) is 0.471. The van der Waals surface area contributed by atoms with E-state index >= 15 is 0 Å². The van der Waals surface area contributed by atoms with Crippen LogP contribution in [0.2, 0.25) is 0 Å². The number of aryl methyl sites for hydroxylation is 1. The van der Waals surface area contributed by atoms with E-state index in [1.165, 1.54) is 16.4 Å². The molecule has 1 atom stereocenters. The molecule has 1 amide bonds. The Labute approximate surface area is 157 Å². The van der Waals surface area contributed by atoms with Crippen LogP contribution in [-0.4, -0.2) is 55.1 Å². The maximum atomic E-state index is 13.0. The Bertz CT molecular complexity index is 940. The molecule has 0 radical (unpaired) electrons. The summed E-state index contributed by atoms with van der Waals surface area (Å²) in [5.41, 5.74) is 0.720. The largest absolute Gasteiger partial charge is 0.423 e. The number of carbonyl (C=O) groups excluding carboxylic acids is 1. The fourth-order valence-corrected chi connectivity index (χ4v) is 4.73. The number of hydrogen-bond donors (Lipinski definition) is 0. The molecule has 0 N–H and O–H groups in total. The zero-order valence-corrected chi connectivity index (χ0v) is 15.7. The van der Waals surface area contributed by atoms with Crippen LogP contribution in [-0.2, 0) is 19.6 Å². The summed E-state index contributed by atoms with van der Waals surface area (Å²) in [7, 11) is -3.69. The number of amides is 1. The van der Waals surface area contributed by atoms with Gasteiger partial charge >= 0.3 is 0 Å². The minimum Gasteiger partial charge on any atom is -0.423 e. The van der Waals surface area contributed by atoms with Crippen molar-refractivity contribution < 1.29 is 22.4 Å². The lowest BCUT2D eigenvalue weighted by molar-refractivity contribution is -0.117. The molecule has 4 rings (SSSR count). The summed E-state index contributed by atoms with van der Waals surface area (Å²) in [6, 6.07) is 6.43. The molecule has 0 saturated carbocycles.